The second-order valence-corrected chi connectivity index (χ2v) is 6.87. The predicted octanol–water partition coefficient (Wildman–Crippen LogP) is 1.57. The molecule has 3 rings (SSSR count). The van der Waals surface area contributed by atoms with Crippen LogP contribution in [0.2, 0.25) is 0 Å². The summed E-state index contributed by atoms with van der Waals surface area (Å²) in [6, 6.07) is 5.15. The SMILES string of the molecule is CC1Oc2ccc(C(=O)C3CCN(C(=O)CCCN)CC3)cc2NC1=O. The third-order valence-electron chi connectivity index (χ3n) is 5.01. The molecule has 0 saturated carbocycles. The molecular formula is C19H25N3O4. The first kappa shape index (κ1) is 18.4. The third kappa shape index (κ3) is 3.88. The lowest BCUT2D eigenvalue weighted by Gasteiger charge is -2.31. The second kappa shape index (κ2) is 7.86. The van der Waals surface area contributed by atoms with E-state index < -0.39 is 6.10 Å². The van der Waals surface area contributed by atoms with Crippen LogP contribution in [-0.4, -0.2) is 48.2 Å². The Balaban J connectivity index is 1.62. The molecule has 7 nitrogen and oxygen atoms in total. The van der Waals surface area contributed by atoms with Gasteiger partial charge in [-0.05, 0) is 50.9 Å². The van der Waals surface area contributed by atoms with Crippen molar-refractivity contribution in [1.82, 2.24) is 4.90 Å². The summed E-state index contributed by atoms with van der Waals surface area (Å²) < 4.78 is 5.52. The Morgan fingerprint density at radius 2 is 2.04 bits per heavy atom. The van der Waals surface area contributed by atoms with Gasteiger partial charge in [-0.15, -0.1) is 0 Å². The lowest BCUT2D eigenvalue weighted by molar-refractivity contribution is -0.132. The molecular weight excluding hydrogens is 334 g/mol. The van der Waals surface area contributed by atoms with Gasteiger partial charge in [0, 0.05) is 31.0 Å². The van der Waals surface area contributed by atoms with Crippen molar-refractivity contribution >= 4 is 23.3 Å². The molecule has 1 saturated heterocycles. The molecule has 0 aromatic heterocycles. The van der Waals surface area contributed by atoms with Crippen molar-refractivity contribution in [1.29, 1.82) is 0 Å². The van der Waals surface area contributed by atoms with E-state index in [1.807, 2.05) is 4.90 Å². The number of carbonyl (C=O) groups is 3. The van der Waals surface area contributed by atoms with Gasteiger partial charge >= 0.3 is 0 Å². The highest BCUT2D eigenvalue weighted by atomic mass is 16.5. The van der Waals surface area contributed by atoms with Gasteiger partial charge in [-0.2, -0.15) is 0 Å². The van der Waals surface area contributed by atoms with Crippen LogP contribution in [0.1, 0.15) is 43.0 Å². The minimum Gasteiger partial charge on any atom is -0.479 e. The van der Waals surface area contributed by atoms with Gasteiger partial charge < -0.3 is 20.7 Å². The Kier molecular flexibility index (Phi) is 5.56. The normalized spacial score (nSPS) is 20.2. The lowest BCUT2D eigenvalue weighted by Crippen LogP contribution is -2.40. The van der Waals surface area contributed by atoms with Crippen molar-refractivity contribution in [2.24, 2.45) is 11.7 Å². The van der Waals surface area contributed by atoms with Crippen LogP contribution in [0.3, 0.4) is 0 Å². The van der Waals surface area contributed by atoms with Crippen LogP contribution in [0.5, 0.6) is 5.75 Å². The number of carbonyl (C=O) groups excluding carboxylic acids is 3. The molecule has 2 heterocycles. The first-order valence-corrected chi connectivity index (χ1v) is 9.13. The number of anilines is 1. The maximum Gasteiger partial charge on any atom is 0.265 e. The van der Waals surface area contributed by atoms with Gasteiger partial charge in [-0.3, -0.25) is 14.4 Å². The van der Waals surface area contributed by atoms with E-state index in [1.54, 1.807) is 25.1 Å². The number of rotatable bonds is 5. The average Bonchev–Trinajstić information content (AvgIpc) is 2.66. The topological polar surface area (TPSA) is 102 Å². The number of piperidine rings is 1. The molecule has 2 aliphatic heterocycles. The molecule has 0 spiro atoms. The van der Waals surface area contributed by atoms with E-state index >= 15 is 0 Å². The number of ether oxygens (including phenoxy) is 1. The fourth-order valence-electron chi connectivity index (χ4n) is 3.40. The van der Waals surface area contributed by atoms with Gasteiger partial charge in [0.25, 0.3) is 5.91 Å². The minimum absolute atomic E-state index is 0.0507. The lowest BCUT2D eigenvalue weighted by atomic mass is 9.88. The average molecular weight is 359 g/mol. The second-order valence-electron chi connectivity index (χ2n) is 6.87. The molecule has 1 aromatic carbocycles. The van der Waals surface area contributed by atoms with Crippen LogP contribution in [0.4, 0.5) is 5.69 Å². The van der Waals surface area contributed by atoms with E-state index in [0.717, 1.165) is 0 Å². The molecule has 3 N–H and O–H groups in total. The van der Waals surface area contributed by atoms with E-state index in [-0.39, 0.29) is 23.5 Å². The van der Waals surface area contributed by atoms with E-state index in [4.69, 9.17) is 10.5 Å². The molecule has 0 radical (unpaired) electrons. The highest BCUT2D eigenvalue weighted by Gasteiger charge is 2.29. The maximum absolute atomic E-state index is 12.8. The van der Waals surface area contributed by atoms with Gasteiger partial charge in [0.1, 0.15) is 5.75 Å². The summed E-state index contributed by atoms with van der Waals surface area (Å²) in [4.78, 5) is 38.4. The summed E-state index contributed by atoms with van der Waals surface area (Å²) >= 11 is 0. The highest BCUT2D eigenvalue weighted by Crippen LogP contribution is 2.32. The molecule has 26 heavy (non-hydrogen) atoms. The predicted molar refractivity (Wildman–Crippen MR) is 97.1 cm³/mol. The van der Waals surface area contributed by atoms with Crippen LogP contribution in [0.15, 0.2) is 18.2 Å². The highest BCUT2D eigenvalue weighted by molar-refractivity contribution is 6.02. The van der Waals surface area contributed by atoms with Crippen LogP contribution in [-0.2, 0) is 9.59 Å². The van der Waals surface area contributed by atoms with Crippen molar-refractivity contribution in [3.8, 4) is 5.75 Å². The fourth-order valence-corrected chi connectivity index (χ4v) is 3.40. The van der Waals surface area contributed by atoms with Crippen LogP contribution >= 0.6 is 0 Å². The van der Waals surface area contributed by atoms with Crippen LogP contribution < -0.4 is 15.8 Å². The molecule has 1 fully saturated rings. The third-order valence-corrected chi connectivity index (χ3v) is 5.01. The van der Waals surface area contributed by atoms with Crippen LogP contribution in [0, 0.1) is 5.92 Å². The molecule has 2 aliphatic rings. The number of nitrogens with two attached hydrogens (primary N) is 1. The summed E-state index contributed by atoms with van der Waals surface area (Å²) in [5.74, 6) is 0.421. The van der Waals surface area contributed by atoms with Gasteiger partial charge in [-0.25, -0.2) is 0 Å². The Labute approximate surface area is 152 Å². The molecule has 1 aromatic rings. The largest absolute Gasteiger partial charge is 0.479 e. The van der Waals surface area contributed by atoms with E-state index in [1.165, 1.54) is 0 Å². The zero-order chi connectivity index (χ0) is 18.7. The number of nitrogens with one attached hydrogen (secondary N) is 1. The first-order chi connectivity index (χ1) is 12.5. The number of ketones is 1. The first-order valence-electron chi connectivity index (χ1n) is 9.13. The number of hydrogen-bond acceptors (Lipinski definition) is 5. The van der Waals surface area contributed by atoms with Crippen molar-refractivity contribution in [3.05, 3.63) is 23.8 Å². The van der Waals surface area contributed by atoms with Gasteiger partial charge in [0.05, 0.1) is 5.69 Å². The number of hydrogen-bond donors (Lipinski definition) is 2. The van der Waals surface area contributed by atoms with E-state index in [2.05, 4.69) is 5.32 Å². The van der Waals surface area contributed by atoms with Crippen molar-refractivity contribution in [2.45, 2.75) is 38.7 Å². The Morgan fingerprint density at radius 1 is 1.31 bits per heavy atom. The number of Topliss-reactive ketones (excluding diaryl/α,β-unsaturated/α-hetero) is 1. The Morgan fingerprint density at radius 3 is 2.73 bits per heavy atom. The van der Waals surface area contributed by atoms with Crippen molar-refractivity contribution in [2.75, 3.05) is 25.0 Å². The smallest absolute Gasteiger partial charge is 0.265 e. The van der Waals surface area contributed by atoms with Crippen LogP contribution in [0.25, 0.3) is 0 Å². The van der Waals surface area contributed by atoms with Crippen molar-refractivity contribution < 1.29 is 19.1 Å². The summed E-state index contributed by atoms with van der Waals surface area (Å²) in [5, 5.41) is 2.77. The Hall–Kier alpha value is -2.41. The number of benzene rings is 1. The standard InChI is InChI=1S/C19H25N3O4/c1-12-19(25)21-15-11-14(4-5-16(15)26-12)18(24)13-6-9-22(10-7-13)17(23)3-2-8-20/h4-5,11-13H,2-3,6-10,20H2,1H3,(H,21,25). The monoisotopic (exact) mass is 359 g/mol. The number of likely N-dealkylation sites (tertiary alicyclic amines) is 1. The Bertz CT molecular complexity index is 711. The summed E-state index contributed by atoms with van der Waals surface area (Å²) in [5.41, 5.74) is 6.55. The van der Waals surface area contributed by atoms with E-state index in [9.17, 15) is 14.4 Å². The zero-order valence-corrected chi connectivity index (χ0v) is 15.0. The van der Waals surface area contributed by atoms with Gasteiger partial charge in [0.2, 0.25) is 5.91 Å². The summed E-state index contributed by atoms with van der Waals surface area (Å²) in [6.45, 7) is 3.39. The molecule has 2 amide bonds. The van der Waals surface area contributed by atoms with Gasteiger partial charge in [0.15, 0.2) is 11.9 Å². The zero-order valence-electron chi connectivity index (χ0n) is 15.0. The molecule has 140 valence electrons. The molecule has 0 bridgehead atoms. The molecule has 7 heteroatoms. The maximum atomic E-state index is 12.8. The fraction of sp³-hybridized carbons (Fsp3) is 0.526. The van der Waals surface area contributed by atoms with Crippen molar-refractivity contribution in [3.63, 3.8) is 0 Å². The number of fused-ring (bicyclic) bond motifs is 1. The number of nitrogens with zero attached hydrogens (tertiary/aromatic N) is 1. The van der Waals surface area contributed by atoms with E-state index in [0.29, 0.717) is 62.3 Å². The molecule has 1 atom stereocenters. The molecule has 0 aliphatic carbocycles. The number of amides is 2. The minimum atomic E-state index is -0.537. The quantitative estimate of drug-likeness (QED) is 0.777. The summed E-state index contributed by atoms with van der Waals surface area (Å²) in [6.07, 6.45) is 1.94. The van der Waals surface area contributed by atoms with Gasteiger partial charge in [-0.1, -0.05) is 0 Å². The summed E-state index contributed by atoms with van der Waals surface area (Å²) in [7, 11) is 0. The molecule has 1 unspecified atom stereocenters.